The van der Waals surface area contributed by atoms with Gasteiger partial charge in [-0.1, -0.05) is 6.07 Å². The lowest BCUT2D eigenvalue weighted by Gasteiger charge is -2.12. The molecule has 0 aliphatic heterocycles. The molecule has 2 nitrogen and oxygen atoms in total. The van der Waals surface area contributed by atoms with Crippen molar-refractivity contribution in [1.29, 1.82) is 0 Å². The van der Waals surface area contributed by atoms with Crippen molar-refractivity contribution < 1.29 is 13.6 Å². The number of carbonyl (C=O) groups is 1. The zero-order valence-electron chi connectivity index (χ0n) is 10.7. The molecule has 0 heterocycles. The Morgan fingerprint density at radius 2 is 1.47 bits per heavy atom. The second-order valence-corrected chi connectivity index (χ2v) is 4.37. The van der Waals surface area contributed by atoms with E-state index in [2.05, 4.69) is 0 Å². The number of anilines is 1. The molecule has 0 saturated heterocycles. The van der Waals surface area contributed by atoms with E-state index in [1.807, 2.05) is 19.0 Å². The highest BCUT2D eigenvalue weighted by atomic mass is 19.1. The minimum atomic E-state index is -0.846. The first-order chi connectivity index (χ1) is 9.00. The molecule has 0 aliphatic carbocycles. The number of hydrogen-bond acceptors (Lipinski definition) is 2. The van der Waals surface area contributed by atoms with Gasteiger partial charge in [0.1, 0.15) is 11.6 Å². The van der Waals surface area contributed by atoms with Crippen LogP contribution in [0.3, 0.4) is 0 Å². The molecule has 0 radical (unpaired) electrons. The molecule has 0 saturated carbocycles. The quantitative estimate of drug-likeness (QED) is 0.790. The molecule has 2 aromatic carbocycles. The van der Waals surface area contributed by atoms with Crippen molar-refractivity contribution in [3.05, 3.63) is 65.2 Å². The number of nitrogens with zero attached hydrogens (tertiary/aromatic N) is 1. The maximum absolute atomic E-state index is 13.5. The number of carbonyl (C=O) groups excluding carboxylic acids is 1. The van der Waals surface area contributed by atoms with Crippen molar-refractivity contribution in [3.63, 3.8) is 0 Å². The summed E-state index contributed by atoms with van der Waals surface area (Å²) in [7, 11) is 3.74. The Morgan fingerprint density at radius 3 is 1.95 bits per heavy atom. The SMILES string of the molecule is CN(C)c1ccc(C(=O)c2c(F)cccc2F)cc1. The van der Waals surface area contributed by atoms with Crippen molar-refractivity contribution in [1.82, 2.24) is 0 Å². The van der Waals surface area contributed by atoms with E-state index >= 15 is 0 Å². The molecule has 0 aliphatic rings. The highest BCUT2D eigenvalue weighted by Crippen LogP contribution is 2.19. The summed E-state index contributed by atoms with van der Waals surface area (Å²) in [4.78, 5) is 13.9. The van der Waals surface area contributed by atoms with Gasteiger partial charge in [-0.05, 0) is 36.4 Å². The fraction of sp³-hybridized carbons (Fsp3) is 0.133. The Balaban J connectivity index is 2.39. The van der Waals surface area contributed by atoms with Gasteiger partial charge < -0.3 is 4.90 Å². The second kappa shape index (κ2) is 5.18. The molecule has 4 heteroatoms. The van der Waals surface area contributed by atoms with Crippen LogP contribution in [0, 0.1) is 11.6 Å². The zero-order chi connectivity index (χ0) is 14.0. The molecular formula is C15H13F2NO. The van der Waals surface area contributed by atoms with Gasteiger partial charge >= 0.3 is 0 Å². The second-order valence-electron chi connectivity index (χ2n) is 4.37. The summed E-state index contributed by atoms with van der Waals surface area (Å²) in [6.07, 6.45) is 0. The molecule has 0 aromatic heterocycles. The minimum Gasteiger partial charge on any atom is -0.378 e. The van der Waals surface area contributed by atoms with Gasteiger partial charge in [0.25, 0.3) is 0 Å². The van der Waals surface area contributed by atoms with Gasteiger partial charge in [0, 0.05) is 25.3 Å². The van der Waals surface area contributed by atoms with Gasteiger partial charge in [0.05, 0.1) is 5.56 Å². The lowest BCUT2D eigenvalue weighted by Crippen LogP contribution is -2.10. The first-order valence-corrected chi connectivity index (χ1v) is 5.77. The standard InChI is InChI=1S/C15H13F2NO/c1-18(2)11-8-6-10(7-9-11)15(19)14-12(16)4-3-5-13(14)17/h3-9H,1-2H3. The van der Waals surface area contributed by atoms with Crippen LogP contribution in [0.1, 0.15) is 15.9 Å². The van der Waals surface area contributed by atoms with E-state index in [4.69, 9.17) is 0 Å². The molecule has 0 bridgehead atoms. The number of benzene rings is 2. The summed E-state index contributed by atoms with van der Waals surface area (Å²) >= 11 is 0. The van der Waals surface area contributed by atoms with Gasteiger partial charge in [-0.15, -0.1) is 0 Å². The lowest BCUT2D eigenvalue weighted by atomic mass is 10.0. The third kappa shape index (κ3) is 2.62. The van der Waals surface area contributed by atoms with Crippen molar-refractivity contribution >= 4 is 11.5 Å². The number of ketones is 1. The maximum Gasteiger partial charge on any atom is 0.198 e. The molecule has 2 rings (SSSR count). The number of hydrogen-bond donors (Lipinski definition) is 0. The van der Waals surface area contributed by atoms with Crippen LogP contribution in [0.4, 0.5) is 14.5 Å². The molecule has 0 fully saturated rings. The molecular weight excluding hydrogens is 248 g/mol. The first kappa shape index (κ1) is 13.2. The molecule has 98 valence electrons. The van der Waals surface area contributed by atoms with Crippen LogP contribution in [0.2, 0.25) is 0 Å². The normalized spacial score (nSPS) is 10.3. The fourth-order valence-electron chi connectivity index (χ4n) is 1.77. The number of rotatable bonds is 3. The lowest BCUT2D eigenvalue weighted by molar-refractivity contribution is 0.103. The third-order valence-corrected chi connectivity index (χ3v) is 2.84. The van der Waals surface area contributed by atoms with E-state index < -0.39 is 23.0 Å². The van der Waals surface area contributed by atoms with Crippen LogP contribution in [0.15, 0.2) is 42.5 Å². The Bertz CT molecular complexity index is 586. The molecule has 0 unspecified atom stereocenters. The summed E-state index contributed by atoms with van der Waals surface area (Å²) in [5, 5.41) is 0. The van der Waals surface area contributed by atoms with Crippen LogP contribution in [0.25, 0.3) is 0 Å². The molecule has 0 spiro atoms. The Labute approximate surface area is 110 Å². The van der Waals surface area contributed by atoms with Gasteiger partial charge in [-0.3, -0.25) is 4.79 Å². The van der Waals surface area contributed by atoms with Crippen molar-refractivity contribution in [3.8, 4) is 0 Å². The van der Waals surface area contributed by atoms with E-state index in [0.29, 0.717) is 0 Å². The van der Waals surface area contributed by atoms with E-state index in [9.17, 15) is 13.6 Å². The predicted molar refractivity (Wildman–Crippen MR) is 70.6 cm³/mol. The monoisotopic (exact) mass is 261 g/mol. The molecule has 19 heavy (non-hydrogen) atoms. The highest BCUT2D eigenvalue weighted by molar-refractivity contribution is 6.09. The van der Waals surface area contributed by atoms with E-state index in [-0.39, 0.29) is 5.56 Å². The Kier molecular flexibility index (Phi) is 3.60. The summed E-state index contributed by atoms with van der Waals surface area (Å²) in [5.41, 5.74) is 0.653. The van der Waals surface area contributed by atoms with Gasteiger partial charge in [0.2, 0.25) is 0 Å². The fourth-order valence-corrected chi connectivity index (χ4v) is 1.77. The van der Waals surface area contributed by atoms with E-state index in [1.165, 1.54) is 6.07 Å². The summed E-state index contributed by atoms with van der Waals surface area (Å²) < 4.78 is 27.0. The highest BCUT2D eigenvalue weighted by Gasteiger charge is 2.18. The molecule has 0 atom stereocenters. The van der Waals surface area contributed by atoms with Crippen LogP contribution in [-0.4, -0.2) is 19.9 Å². The average molecular weight is 261 g/mol. The summed E-state index contributed by atoms with van der Waals surface area (Å²) in [5.74, 6) is -2.34. The Hall–Kier alpha value is -2.23. The van der Waals surface area contributed by atoms with Crippen LogP contribution in [-0.2, 0) is 0 Å². The summed E-state index contributed by atoms with van der Waals surface area (Å²) in [6.45, 7) is 0. The molecule has 2 aromatic rings. The topological polar surface area (TPSA) is 20.3 Å². The van der Waals surface area contributed by atoms with Crippen molar-refractivity contribution in [2.75, 3.05) is 19.0 Å². The molecule has 0 N–H and O–H groups in total. The van der Waals surface area contributed by atoms with Gasteiger partial charge in [-0.25, -0.2) is 8.78 Å². The largest absolute Gasteiger partial charge is 0.378 e. The van der Waals surface area contributed by atoms with Crippen LogP contribution in [0.5, 0.6) is 0 Å². The maximum atomic E-state index is 13.5. The number of halogens is 2. The van der Waals surface area contributed by atoms with Crippen LogP contribution < -0.4 is 4.90 Å². The smallest absolute Gasteiger partial charge is 0.198 e. The summed E-state index contributed by atoms with van der Waals surface area (Å²) in [6, 6.07) is 9.96. The van der Waals surface area contributed by atoms with Crippen LogP contribution >= 0.6 is 0 Å². The average Bonchev–Trinajstić information content (AvgIpc) is 2.38. The van der Waals surface area contributed by atoms with Crippen molar-refractivity contribution in [2.45, 2.75) is 0 Å². The van der Waals surface area contributed by atoms with E-state index in [1.54, 1.807) is 24.3 Å². The minimum absolute atomic E-state index is 0.259. The third-order valence-electron chi connectivity index (χ3n) is 2.84. The van der Waals surface area contributed by atoms with Gasteiger partial charge in [0.15, 0.2) is 5.78 Å². The predicted octanol–water partition coefficient (Wildman–Crippen LogP) is 3.26. The Morgan fingerprint density at radius 1 is 0.947 bits per heavy atom. The van der Waals surface area contributed by atoms with Gasteiger partial charge in [-0.2, -0.15) is 0 Å². The van der Waals surface area contributed by atoms with Crippen molar-refractivity contribution in [2.24, 2.45) is 0 Å². The zero-order valence-corrected chi connectivity index (χ0v) is 10.7. The molecule has 0 amide bonds. The first-order valence-electron chi connectivity index (χ1n) is 5.77. The van der Waals surface area contributed by atoms with E-state index in [0.717, 1.165) is 17.8 Å².